The second kappa shape index (κ2) is 10.3. The average molecular weight is 385 g/mol. The van der Waals surface area contributed by atoms with Crippen LogP contribution in [0.4, 0.5) is 0 Å². The maximum atomic E-state index is 12.1. The first-order valence-corrected chi connectivity index (χ1v) is 8.67. The van der Waals surface area contributed by atoms with Gasteiger partial charge in [-0.05, 0) is 45.4 Å². The van der Waals surface area contributed by atoms with E-state index in [0.29, 0.717) is 26.0 Å². The molecule has 0 aliphatic heterocycles. The monoisotopic (exact) mass is 384 g/mol. The largest absolute Gasteiger partial charge is 0.494 e. The second-order valence-corrected chi connectivity index (χ2v) is 6.46. The average Bonchev–Trinajstić information content (AvgIpc) is 2.48. The summed E-state index contributed by atoms with van der Waals surface area (Å²) in [5.41, 5.74) is 0. The number of hydrogen-bond donors (Lipinski definition) is 1. The van der Waals surface area contributed by atoms with Crippen LogP contribution in [0.2, 0.25) is 0 Å². The van der Waals surface area contributed by atoms with Crippen LogP contribution in [-0.4, -0.2) is 42.5 Å². The Morgan fingerprint density at radius 1 is 1.35 bits per heavy atom. The quantitative estimate of drug-likeness (QED) is 0.665. The van der Waals surface area contributed by atoms with E-state index in [-0.39, 0.29) is 24.4 Å². The molecule has 1 rings (SSSR count). The van der Waals surface area contributed by atoms with Crippen molar-refractivity contribution in [3.8, 4) is 5.75 Å². The summed E-state index contributed by atoms with van der Waals surface area (Å²) in [4.78, 5) is 25.5. The van der Waals surface area contributed by atoms with Crippen molar-refractivity contribution < 1.29 is 14.3 Å². The molecular formula is C17H25BrN2O3. The van der Waals surface area contributed by atoms with Crippen LogP contribution in [0.5, 0.6) is 5.75 Å². The van der Waals surface area contributed by atoms with E-state index in [1.807, 2.05) is 45.0 Å². The van der Waals surface area contributed by atoms with Crippen LogP contribution in [0.25, 0.3) is 0 Å². The molecule has 0 aliphatic rings. The van der Waals surface area contributed by atoms with Gasteiger partial charge in [-0.2, -0.15) is 0 Å². The minimum Gasteiger partial charge on any atom is -0.494 e. The highest BCUT2D eigenvalue weighted by molar-refractivity contribution is 9.10. The lowest BCUT2D eigenvalue weighted by Crippen LogP contribution is -2.42. The standard InChI is InChI=1S/C17H25BrN2O3/c1-4-20(12-16(21)19-13(2)3)17(22)9-6-10-23-15-8-5-7-14(18)11-15/h5,7-8,11,13H,4,6,9-10,12H2,1-3H3,(H,19,21). The zero-order valence-corrected chi connectivity index (χ0v) is 15.6. The van der Waals surface area contributed by atoms with E-state index in [4.69, 9.17) is 4.74 Å². The van der Waals surface area contributed by atoms with E-state index < -0.39 is 0 Å². The molecule has 1 aromatic rings. The van der Waals surface area contributed by atoms with Crippen molar-refractivity contribution >= 4 is 27.7 Å². The Bertz CT molecular complexity index is 520. The summed E-state index contributed by atoms with van der Waals surface area (Å²) in [5.74, 6) is 0.625. The fraction of sp³-hybridized carbons (Fsp3) is 0.529. The third kappa shape index (κ3) is 8.02. The molecule has 0 aliphatic carbocycles. The van der Waals surface area contributed by atoms with E-state index in [1.165, 1.54) is 0 Å². The molecule has 0 spiro atoms. The number of nitrogens with one attached hydrogen (secondary N) is 1. The summed E-state index contributed by atoms with van der Waals surface area (Å²) in [6, 6.07) is 7.67. The first-order valence-electron chi connectivity index (χ1n) is 7.88. The minimum atomic E-state index is -0.124. The molecule has 0 heterocycles. The van der Waals surface area contributed by atoms with Gasteiger partial charge in [0.05, 0.1) is 13.2 Å². The summed E-state index contributed by atoms with van der Waals surface area (Å²) >= 11 is 3.38. The lowest BCUT2D eigenvalue weighted by Gasteiger charge is -2.21. The van der Waals surface area contributed by atoms with Crippen molar-refractivity contribution in [1.82, 2.24) is 10.2 Å². The van der Waals surface area contributed by atoms with Crippen LogP contribution >= 0.6 is 15.9 Å². The van der Waals surface area contributed by atoms with E-state index in [0.717, 1.165) is 10.2 Å². The highest BCUT2D eigenvalue weighted by Gasteiger charge is 2.15. The van der Waals surface area contributed by atoms with Gasteiger partial charge < -0.3 is 15.0 Å². The molecule has 0 atom stereocenters. The van der Waals surface area contributed by atoms with Gasteiger partial charge in [0.15, 0.2) is 0 Å². The smallest absolute Gasteiger partial charge is 0.239 e. The summed E-state index contributed by atoms with van der Waals surface area (Å²) in [7, 11) is 0. The predicted molar refractivity (Wildman–Crippen MR) is 94.4 cm³/mol. The first kappa shape index (κ1) is 19.5. The third-order valence-corrected chi connectivity index (χ3v) is 3.61. The number of benzene rings is 1. The number of nitrogens with zero attached hydrogens (tertiary/aromatic N) is 1. The Morgan fingerprint density at radius 3 is 2.70 bits per heavy atom. The van der Waals surface area contributed by atoms with E-state index in [1.54, 1.807) is 4.90 Å². The van der Waals surface area contributed by atoms with Gasteiger partial charge in [-0.1, -0.05) is 22.0 Å². The maximum absolute atomic E-state index is 12.1. The predicted octanol–water partition coefficient (Wildman–Crippen LogP) is 2.98. The molecule has 2 amide bonds. The molecule has 23 heavy (non-hydrogen) atoms. The first-order chi connectivity index (χ1) is 10.9. The van der Waals surface area contributed by atoms with E-state index in [2.05, 4.69) is 21.2 Å². The lowest BCUT2D eigenvalue weighted by atomic mass is 10.2. The summed E-state index contributed by atoms with van der Waals surface area (Å²) in [6.07, 6.45) is 0.991. The Balaban J connectivity index is 2.32. The number of ether oxygens (including phenoxy) is 1. The molecule has 1 N–H and O–H groups in total. The van der Waals surface area contributed by atoms with E-state index in [9.17, 15) is 9.59 Å². The van der Waals surface area contributed by atoms with Crippen LogP contribution in [-0.2, 0) is 9.59 Å². The summed E-state index contributed by atoms with van der Waals surface area (Å²) < 4.78 is 6.56. The molecule has 6 heteroatoms. The van der Waals surface area contributed by atoms with E-state index >= 15 is 0 Å². The summed E-state index contributed by atoms with van der Waals surface area (Å²) in [6.45, 7) is 6.78. The Hall–Kier alpha value is -1.56. The molecule has 1 aromatic carbocycles. The maximum Gasteiger partial charge on any atom is 0.239 e. The van der Waals surface area contributed by atoms with Crippen molar-refractivity contribution in [3.05, 3.63) is 28.7 Å². The van der Waals surface area contributed by atoms with Gasteiger partial charge in [0.2, 0.25) is 11.8 Å². The third-order valence-electron chi connectivity index (χ3n) is 3.12. The minimum absolute atomic E-state index is 0.0238. The van der Waals surface area contributed by atoms with Crippen molar-refractivity contribution in [2.45, 2.75) is 39.7 Å². The van der Waals surface area contributed by atoms with Gasteiger partial charge >= 0.3 is 0 Å². The van der Waals surface area contributed by atoms with Crippen LogP contribution in [0.1, 0.15) is 33.6 Å². The zero-order valence-electron chi connectivity index (χ0n) is 14.0. The molecule has 5 nitrogen and oxygen atoms in total. The molecule has 0 radical (unpaired) electrons. The Labute approximate surface area is 146 Å². The number of amides is 2. The number of hydrogen-bond acceptors (Lipinski definition) is 3. The van der Waals surface area contributed by atoms with Gasteiger partial charge in [0, 0.05) is 23.5 Å². The number of carbonyl (C=O) groups excluding carboxylic acids is 2. The normalized spacial score (nSPS) is 10.5. The Morgan fingerprint density at radius 2 is 2.09 bits per heavy atom. The topological polar surface area (TPSA) is 58.6 Å². The zero-order chi connectivity index (χ0) is 17.2. The molecule has 0 unspecified atom stereocenters. The number of carbonyl (C=O) groups is 2. The number of halogens is 1. The van der Waals surface area contributed by atoms with Crippen LogP contribution in [0, 0.1) is 0 Å². The number of likely N-dealkylation sites (N-methyl/N-ethyl adjacent to an activating group) is 1. The summed E-state index contributed by atoms with van der Waals surface area (Å²) in [5, 5.41) is 2.79. The highest BCUT2D eigenvalue weighted by atomic mass is 79.9. The second-order valence-electron chi connectivity index (χ2n) is 5.54. The van der Waals surface area contributed by atoms with Gasteiger partial charge in [0.1, 0.15) is 5.75 Å². The molecule has 0 aromatic heterocycles. The fourth-order valence-corrected chi connectivity index (χ4v) is 2.42. The van der Waals surface area contributed by atoms with Gasteiger partial charge in [-0.25, -0.2) is 0 Å². The van der Waals surface area contributed by atoms with Crippen LogP contribution in [0.15, 0.2) is 28.7 Å². The van der Waals surface area contributed by atoms with Crippen molar-refractivity contribution in [2.75, 3.05) is 19.7 Å². The van der Waals surface area contributed by atoms with Gasteiger partial charge in [-0.3, -0.25) is 9.59 Å². The molecular weight excluding hydrogens is 360 g/mol. The Kier molecular flexibility index (Phi) is 8.69. The van der Waals surface area contributed by atoms with Crippen LogP contribution in [0.3, 0.4) is 0 Å². The van der Waals surface area contributed by atoms with Gasteiger partial charge in [-0.15, -0.1) is 0 Å². The van der Waals surface area contributed by atoms with Crippen LogP contribution < -0.4 is 10.1 Å². The molecule has 128 valence electrons. The number of rotatable bonds is 9. The van der Waals surface area contributed by atoms with Crippen molar-refractivity contribution in [2.24, 2.45) is 0 Å². The van der Waals surface area contributed by atoms with Crippen molar-refractivity contribution in [1.29, 1.82) is 0 Å². The molecule has 0 saturated carbocycles. The SMILES string of the molecule is CCN(CC(=O)NC(C)C)C(=O)CCCOc1cccc(Br)c1. The molecule has 0 fully saturated rings. The molecule has 0 saturated heterocycles. The fourth-order valence-electron chi connectivity index (χ4n) is 2.05. The van der Waals surface area contributed by atoms with Crippen molar-refractivity contribution in [3.63, 3.8) is 0 Å². The highest BCUT2D eigenvalue weighted by Crippen LogP contribution is 2.17. The lowest BCUT2D eigenvalue weighted by molar-refractivity contribution is -0.136. The molecule has 0 bridgehead atoms. The van der Waals surface area contributed by atoms with Gasteiger partial charge in [0.25, 0.3) is 0 Å².